The lowest BCUT2D eigenvalue weighted by Gasteiger charge is -2.23. The Balaban J connectivity index is 1.69. The van der Waals surface area contributed by atoms with Gasteiger partial charge in [0.25, 0.3) is 0 Å². The molecule has 0 unspecified atom stereocenters. The van der Waals surface area contributed by atoms with E-state index in [1.54, 1.807) is 12.1 Å². The van der Waals surface area contributed by atoms with E-state index in [1.807, 2.05) is 17.0 Å². The van der Waals surface area contributed by atoms with Gasteiger partial charge < -0.3 is 10.2 Å². The lowest BCUT2D eigenvalue weighted by atomic mass is 10.1. The number of likely N-dealkylation sites (tertiary alicyclic amines) is 1. The smallest absolute Gasteiger partial charge is 0.247 e. The third-order valence-corrected chi connectivity index (χ3v) is 4.06. The van der Waals surface area contributed by atoms with Crippen molar-refractivity contribution in [2.75, 3.05) is 11.9 Å². The normalized spacial score (nSPS) is 16.8. The highest BCUT2D eigenvalue weighted by Gasteiger charge is 2.31. The number of aromatic nitrogens is 3. The Bertz CT molecular complexity index is 741. The van der Waals surface area contributed by atoms with Crippen LogP contribution in [0.25, 0.3) is 0 Å². The Morgan fingerprint density at radius 1 is 1.46 bits per heavy atom. The number of benzene rings is 1. The molecule has 0 aliphatic carbocycles. The predicted molar refractivity (Wildman–Crippen MR) is 89.0 cm³/mol. The fraction of sp³-hybridized carbons (Fsp3) is 0.294. The quantitative estimate of drug-likeness (QED) is 0.821. The Hall–Kier alpha value is -2.96. The van der Waals surface area contributed by atoms with Gasteiger partial charge in [-0.3, -0.25) is 14.7 Å². The zero-order chi connectivity index (χ0) is 16.9. The summed E-state index contributed by atoms with van der Waals surface area (Å²) in [6.07, 6.45) is 4.79. The van der Waals surface area contributed by atoms with Crippen LogP contribution < -0.4 is 5.32 Å². The van der Waals surface area contributed by atoms with E-state index in [0.717, 1.165) is 30.8 Å². The molecule has 0 bridgehead atoms. The van der Waals surface area contributed by atoms with Gasteiger partial charge in [0.15, 0.2) is 0 Å². The molecule has 1 aromatic carbocycles. The lowest BCUT2D eigenvalue weighted by molar-refractivity contribution is -0.131. The SMILES string of the molecule is C=CC(=O)Nc1cccc(CC(=O)N2CCC[C@@H]2c2ncn[nH]2)c1. The summed E-state index contributed by atoms with van der Waals surface area (Å²) in [6.45, 7) is 4.15. The first-order valence-corrected chi connectivity index (χ1v) is 7.84. The number of aromatic amines is 1. The summed E-state index contributed by atoms with van der Waals surface area (Å²) in [5, 5.41) is 9.42. The molecule has 2 N–H and O–H groups in total. The van der Waals surface area contributed by atoms with Crippen molar-refractivity contribution < 1.29 is 9.59 Å². The Labute approximate surface area is 139 Å². The number of nitrogens with zero attached hydrogens (tertiary/aromatic N) is 3. The molecule has 3 rings (SSSR count). The van der Waals surface area contributed by atoms with Gasteiger partial charge >= 0.3 is 0 Å². The standard InChI is InChI=1S/C17H19N5O2/c1-2-15(23)20-13-6-3-5-12(9-13)10-16(24)22-8-4-7-14(22)17-18-11-19-21-17/h2-3,5-6,9,11,14H,1,4,7-8,10H2,(H,20,23)(H,18,19,21)/t14-/m1/s1. The molecular weight excluding hydrogens is 306 g/mol. The first kappa shape index (κ1) is 15.9. The highest BCUT2D eigenvalue weighted by Crippen LogP contribution is 2.30. The van der Waals surface area contributed by atoms with E-state index >= 15 is 0 Å². The van der Waals surface area contributed by atoms with Crippen LogP contribution >= 0.6 is 0 Å². The van der Waals surface area contributed by atoms with Crippen molar-refractivity contribution in [3.63, 3.8) is 0 Å². The summed E-state index contributed by atoms with van der Waals surface area (Å²) in [6, 6.07) is 7.24. The van der Waals surface area contributed by atoms with Gasteiger partial charge in [0, 0.05) is 12.2 Å². The van der Waals surface area contributed by atoms with Crippen LogP contribution in [0.1, 0.15) is 30.3 Å². The maximum atomic E-state index is 12.7. The second-order valence-electron chi connectivity index (χ2n) is 5.69. The molecule has 24 heavy (non-hydrogen) atoms. The minimum absolute atomic E-state index is 0.0383. The van der Waals surface area contributed by atoms with Gasteiger partial charge in [-0.2, -0.15) is 5.10 Å². The summed E-state index contributed by atoms with van der Waals surface area (Å²) in [5.74, 6) is 0.498. The van der Waals surface area contributed by atoms with Crippen LogP contribution in [0, 0.1) is 0 Å². The maximum Gasteiger partial charge on any atom is 0.247 e. The van der Waals surface area contributed by atoms with Gasteiger partial charge in [-0.1, -0.05) is 18.7 Å². The largest absolute Gasteiger partial charge is 0.332 e. The molecule has 0 radical (unpaired) electrons. The van der Waals surface area contributed by atoms with Crippen molar-refractivity contribution >= 4 is 17.5 Å². The number of carbonyl (C=O) groups excluding carboxylic acids is 2. The van der Waals surface area contributed by atoms with Gasteiger partial charge in [0.05, 0.1) is 12.5 Å². The van der Waals surface area contributed by atoms with E-state index in [1.165, 1.54) is 12.4 Å². The predicted octanol–water partition coefficient (Wildman–Crippen LogP) is 1.84. The Kier molecular flexibility index (Phi) is 4.69. The second-order valence-corrected chi connectivity index (χ2v) is 5.69. The molecule has 0 saturated carbocycles. The summed E-state index contributed by atoms with van der Waals surface area (Å²) in [4.78, 5) is 30.1. The van der Waals surface area contributed by atoms with Gasteiger partial charge in [-0.15, -0.1) is 0 Å². The molecule has 2 aromatic rings. The van der Waals surface area contributed by atoms with Crippen molar-refractivity contribution in [2.24, 2.45) is 0 Å². The molecule has 1 aromatic heterocycles. The fourth-order valence-electron chi connectivity index (χ4n) is 2.95. The van der Waals surface area contributed by atoms with Crippen molar-refractivity contribution in [1.82, 2.24) is 20.1 Å². The van der Waals surface area contributed by atoms with E-state index in [2.05, 4.69) is 27.1 Å². The van der Waals surface area contributed by atoms with Crippen LogP contribution in [0.2, 0.25) is 0 Å². The fourth-order valence-corrected chi connectivity index (χ4v) is 2.95. The van der Waals surface area contributed by atoms with Crippen molar-refractivity contribution in [1.29, 1.82) is 0 Å². The van der Waals surface area contributed by atoms with Gasteiger partial charge in [0.1, 0.15) is 12.2 Å². The van der Waals surface area contributed by atoms with Crippen molar-refractivity contribution in [2.45, 2.75) is 25.3 Å². The zero-order valence-electron chi connectivity index (χ0n) is 13.2. The minimum Gasteiger partial charge on any atom is -0.332 e. The van der Waals surface area contributed by atoms with Crippen molar-refractivity contribution in [3.05, 3.63) is 54.6 Å². The highest BCUT2D eigenvalue weighted by atomic mass is 16.2. The molecular formula is C17H19N5O2. The number of amides is 2. The number of nitrogens with one attached hydrogen (secondary N) is 2. The van der Waals surface area contributed by atoms with Crippen molar-refractivity contribution in [3.8, 4) is 0 Å². The third kappa shape index (κ3) is 3.51. The van der Waals surface area contributed by atoms with Gasteiger partial charge in [-0.25, -0.2) is 4.98 Å². The van der Waals surface area contributed by atoms with Crippen LogP contribution in [0.4, 0.5) is 5.69 Å². The average Bonchev–Trinajstić information content (AvgIpc) is 3.26. The van der Waals surface area contributed by atoms with E-state index in [9.17, 15) is 9.59 Å². The number of rotatable bonds is 5. The van der Waals surface area contributed by atoms with Crippen LogP contribution in [-0.4, -0.2) is 38.4 Å². The minimum atomic E-state index is -0.275. The number of hydrogen-bond acceptors (Lipinski definition) is 4. The molecule has 0 spiro atoms. The first-order valence-electron chi connectivity index (χ1n) is 7.84. The first-order chi connectivity index (χ1) is 11.7. The maximum absolute atomic E-state index is 12.7. The molecule has 2 amide bonds. The van der Waals surface area contributed by atoms with Crippen LogP contribution in [0.5, 0.6) is 0 Å². The van der Waals surface area contributed by atoms with Gasteiger partial charge in [0.2, 0.25) is 11.8 Å². The Morgan fingerprint density at radius 2 is 2.33 bits per heavy atom. The monoisotopic (exact) mass is 325 g/mol. The topological polar surface area (TPSA) is 91.0 Å². The van der Waals surface area contributed by atoms with Crippen LogP contribution in [-0.2, 0) is 16.0 Å². The van der Waals surface area contributed by atoms with E-state index < -0.39 is 0 Å². The molecule has 1 aliphatic rings. The van der Waals surface area contributed by atoms with Crippen LogP contribution in [0.3, 0.4) is 0 Å². The van der Waals surface area contributed by atoms with Crippen LogP contribution in [0.15, 0.2) is 43.2 Å². The second kappa shape index (κ2) is 7.08. The number of anilines is 1. The highest BCUT2D eigenvalue weighted by molar-refractivity contribution is 5.98. The lowest BCUT2D eigenvalue weighted by Crippen LogP contribution is -2.32. The molecule has 1 saturated heterocycles. The summed E-state index contributed by atoms with van der Waals surface area (Å²) in [5.41, 5.74) is 1.50. The molecule has 124 valence electrons. The number of carbonyl (C=O) groups is 2. The summed E-state index contributed by atoms with van der Waals surface area (Å²) >= 11 is 0. The summed E-state index contributed by atoms with van der Waals surface area (Å²) < 4.78 is 0. The summed E-state index contributed by atoms with van der Waals surface area (Å²) in [7, 11) is 0. The molecule has 1 atom stereocenters. The van der Waals surface area contributed by atoms with E-state index in [4.69, 9.17) is 0 Å². The number of H-pyrrole nitrogens is 1. The molecule has 1 fully saturated rings. The van der Waals surface area contributed by atoms with E-state index in [-0.39, 0.29) is 24.3 Å². The van der Waals surface area contributed by atoms with E-state index in [0.29, 0.717) is 5.69 Å². The van der Waals surface area contributed by atoms with Gasteiger partial charge in [-0.05, 0) is 36.6 Å². The average molecular weight is 325 g/mol. The number of hydrogen-bond donors (Lipinski definition) is 2. The molecule has 1 aliphatic heterocycles. The third-order valence-electron chi connectivity index (χ3n) is 4.06. The zero-order valence-corrected chi connectivity index (χ0v) is 13.2. The Morgan fingerprint density at radius 3 is 3.08 bits per heavy atom. The molecule has 2 heterocycles. The molecule has 7 nitrogen and oxygen atoms in total. The molecule has 7 heteroatoms.